The van der Waals surface area contributed by atoms with E-state index in [1.165, 1.54) is 7.11 Å². The molecule has 0 aliphatic heterocycles. The maximum atomic E-state index is 11.8. The van der Waals surface area contributed by atoms with Crippen molar-refractivity contribution in [3.8, 4) is 0 Å². The summed E-state index contributed by atoms with van der Waals surface area (Å²) in [4.78, 5) is 10.8. The zero-order valence-electron chi connectivity index (χ0n) is 8.82. The summed E-state index contributed by atoms with van der Waals surface area (Å²) in [6.45, 7) is 4.06. The molecule has 0 atom stereocenters. The molecule has 84 valence electrons. The van der Waals surface area contributed by atoms with Gasteiger partial charge in [0, 0.05) is 0 Å². The highest BCUT2D eigenvalue weighted by atomic mass is 31.2. The third-order valence-corrected chi connectivity index (χ3v) is 3.54. The SMILES string of the molecule is CCOP(=O)(CCC(=O)OC)OCC. The molecule has 6 heteroatoms. The molecule has 0 amide bonds. The van der Waals surface area contributed by atoms with Crippen LogP contribution in [-0.4, -0.2) is 32.5 Å². The smallest absolute Gasteiger partial charge is 0.331 e. The van der Waals surface area contributed by atoms with Crippen LogP contribution in [0.25, 0.3) is 0 Å². The lowest BCUT2D eigenvalue weighted by Crippen LogP contribution is -2.07. The van der Waals surface area contributed by atoms with Gasteiger partial charge in [-0.05, 0) is 13.8 Å². The lowest BCUT2D eigenvalue weighted by molar-refractivity contribution is -0.140. The van der Waals surface area contributed by atoms with Crippen LogP contribution >= 0.6 is 7.60 Å². The van der Waals surface area contributed by atoms with Gasteiger partial charge in [-0.2, -0.15) is 0 Å². The van der Waals surface area contributed by atoms with Crippen LogP contribution in [0.2, 0.25) is 0 Å². The fourth-order valence-electron chi connectivity index (χ4n) is 0.890. The molecule has 0 heterocycles. The van der Waals surface area contributed by atoms with Gasteiger partial charge >= 0.3 is 13.6 Å². The molecule has 0 rings (SSSR count). The van der Waals surface area contributed by atoms with Gasteiger partial charge < -0.3 is 13.8 Å². The van der Waals surface area contributed by atoms with E-state index in [2.05, 4.69) is 4.74 Å². The second-order valence-corrected chi connectivity index (χ2v) is 4.68. The number of hydrogen-bond donors (Lipinski definition) is 0. The number of hydrogen-bond acceptors (Lipinski definition) is 5. The molecule has 0 radical (unpaired) electrons. The molecule has 5 nitrogen and oxygen atoms in total. The summed E-state index contributed by atoms with van der Waals surface area (Å²) in [6, 6.07) is 0. The average Bonchev–Trinajstić information content (AvgIpc) is 2.15. The van der Waals surface area contributed by atoms with E-state index in [1.54, 1.807) is 13.8 Å². The van der Waals surface area contributed by atoms with Crippen LogP contribution in [0.5, 0.6) is 0 Å². The van der Waals surface area contributed by atoms with Crippen LogP contribution in [-0.2, 0) is 23.1 Å². The third kappa shape index (κ3) is 5.37. The minimum atomic E-state index is -3.09. The van der Waals surface area contributed by atoms with Crippen LogP contribution in [0.4, 0.5) is 0 Å². The highest BCUT2D eigenvalue weighted by molar-refractivity contribution is 7.53. The highest BCUT2D eigenvalue weighted by Gasteiger charge is 2.24. The first kappa shape index (κ1) is 13.6. The zero-order valence-corrected chi connectivity index (χ0v) is 9.71. The van der Waals surface area contributed by atoms with E-state index in [9.17, 15) is 9.36 Å². The van der Waals surface area contributed by atoms with Crippen LogP contribution in [0, 0.1) is 0 Å². The van der Waals surface area contributed by atoms with Crippen molar-refractivity contribution in [3.63, 3.8) is 0 Å². The van der Waals surface area contributed by atoms with Crippen molar-refractivity contribution in [1.82, 2.24) is 0 Å². The first-order chi connectivity index (χ1) is 6.58. The van der Waals surface area contributed by atoms with Crippen molar-refractivity contribution in [2.45, 2.75) is 20.3 Å². The number of ether oxygens (including phenoxy) is 1. The Hall–Kier alpha value is -0.380. The maximum absolute atomic E-state index is 11.8. The molecule has 0 N–H and O–H groups in total. The molecule has 0 fully saturated rings. The minimum absolute atomic E-state index is 0.0494. The summed E-state index contributed by atoms with van der Waals surface area (Å²) < 4.78 is 26.2. The minimum Gasteiger partial charge on any atom is -0.469 e. The highest BCUT2D eigenvalue weighted by Crippen LogP contribution is 2.48. The van der Waals surface area contributed by atoms with Gasteiger partial charge in [-0.15, -0.1) is 0 Å². The summed E-state index contributed by atoms with van der Waals surface area (Å²) in [6.07, 6.45) is 0.120. The fraction of sp³-hybridized carbons (Fsp3) is 0.875. The van der Waals surface area contributed by atoms with Crippen LogP contribution in [0.15, 0.2) is 0 Å². The first-order valence-electron chi connectivity index (χ1n) is 4.53. The van der Waals surface area contributed by atoms with E-state index < -0.39 is 13.6 Å². The predicted molar refractivity (Wildman–Crippen MR) is 52.4 cm³/mol. The third-order valence-electron chi connectivity index (χ3n) is 1.47. The van der Waals surface area contributed by atoms with E-state index in [1.807, 2.05) is 0 Å². The van der Waals surface area contributed by atoms with E-state index >= 15 is 0 Å². The van der Waals surface area contributed by atoms with Crippen molar-refractivity contribution in [2.75, 3.05) is 26.5 Å². The molecule has 14 heavy (non-hydrogen) atoms. The molecule has 0 aliphatic carbocycles. The van der Waals surface area contributed by atoms with E-state index in [-0.39, 0.29) is 12.6 Å². The topological polar surface area (TPSA) is 61.8 Å². The molecule has 0 aromatic carbocycles. The van der Waals surface area contributed by atoms with Crippen molar-refractivity contribution in [3.05, 3.63) is 0 Å². The number of carbonyl (C=O) groups excluding carboxylic acids is 1. The van der Waals surface area contributed by atoms with Crippen LogP contribution in [0.1, 0.15) is 20.3 Å². The zero-order chi connectivity index (χ0) is 11.0. The van der Waals surface area contributed by atoms with Gasteiger partial charge in [0.2, 0.25) is 0 Å². The van der Waals surface area contributed by atoms with Gasteiger partial charge in [0.15, 0.2) is 0 Å². The van der Waals surface area contributed by atoms with Gasteiger partial charge in [0.1, 0.15) is 0 Å². The number of rotatable bonds is 7. The molecule has 0 bridgehead atoms. The van der Waals surface area contributed by atoms with E-state index in [4.69, 9.17) is 9.05 Å². The summed E-state index contributed by atoms with van der Waals surface area (Å²) in [5.74, 6) is -0.412. The van der Waals surface area contributed by atoms with Crippen molar-refractivity contribution >= 4 is 13.6 Å². The Kier molecular flexibility index (Phi) is 6.79. The Morgan fingerprint density at radius 2 is 1.71 bits per heavy atom. The lowest BCUT2D eigenvalue weighted by atomic mass is 10.5. The monoisotopic (exact) mass is 224 g/mol. The van der Waals surface area contributed by atoms with Crippen molar-refractivity contribution in [1.29, 1.82) is 0 Å². The molecule has 0 saturated carbocycles. The molecular formula is C8H17O5P. The Labute approximate surface area is 84.3 Å². The summed E-state index contributed by atoms with van der Waals surface area (Å²) in [5.41, 5.74) is 0. The fourth-order valence-corrected chi connectivity index (χ4v) is 2.47. The Bertz CT molecular complexity index is 206. The molecule has 0 unspecified atom stereocenters. The molecule has 0 aromatic heterocycles. The average molecular weight is 224 g/mol. The summed E-state index contributed by atoms with van der Waals surface area (Å²) in [5, 5.41) is 0. The number of methoxy groups -OCH3 is 1. The molecule has 0 aromatic rings. The second-order valence-electron chi connectivity index (χ2n) is 2.50. The van der Waals surface area contributed by atoms with Gasteiger partial charge in [0.05, 0.1) is 32.9 Å². The quantitative estimate of drug-likeness (QED) is 0.487. The first-order valence-corrected chi connectivity index (χ1v) is 6.25. The molecule has 0 saturated heterocycles. The maximum Gasteiger partial charge on any atom is 0.331 e. The van der Waals surface area contributed by atoms with Crippen LogP contribution < -0.4 is 0 Å². The van der Waals surface area contributed by atoms with Crippen LogP contribution in [0.3, 0.4) is 0 Å². The van der Waals surface area contributed by atoms with E-state index in [0.29, 0.717) is 13.2 Å². The molecule has 0 spiro atoms. The lowest BCUT2D eigenvalue weighted by Gasteiger charge is -2.15. The van der Waals surface area contributed by atoms with Crippen molar-refractivity contribution < 1.29 is 23.1 Å². The summed E-state index contributed by atoms with van der Waals surface area (Å²) >= 11 is 0. The van der Waals surface area contributed by atoms with Gasteiger partial charge in [-0.25, -0.2) is 0 Å². The Morgan fingerprint density at radius 3 is 2.07 bits per heavy atom. The Balaban J connectivity index is 4.08. The summed E-state index contributed by atoms with van der Waals surface area (Å²) in [7, 11) is -1.80. The predicted octanol–water partition coefficient (Wildman–Crippen LogP) is 1.82. The van der Waals surface area contributed by atoms with Gasteiger partial charge in [-0.1, -0.05) is 0 Å². The van der Waals surface area contributed by atoms with Gasteiger partial charge in [-0.3, -0.25) is 9.36 Å². The van der Waals surface area contributed by atoms with Gasteiger partial charge in [0.25, 0.3) is 0 Å². The van der Waals surface area contributed by atoms with E-state index in [0.717, 1.165) is 0 Å². The second kappa shape index (κ2) is 6.98. The normalized spacial score (nSPS) is 11.4. The standard InChI is InChI=1S/C8H17O5P/c1-4-12-14(10,13-5-2)7-6-8(9)11-3/h4-7H2,1-3H3. The molecule has 0 aliphatic rings. The Morgan fingerprint density at radius 1 is 1.21 bits per heavy atom. The largest absolute Gasteiger partial charge is 0.469 e. The number of esters is 1. The molecular weight excluding hydrogens is 207 g/mol. The number of carbonyl (C=O) groups is 1. The van der Waals surface area contributed by atoms with Crippen molar-refractivity contribution in [2.24, 2.45) is 0 Å².